The second kappa shape index (κ2) is 9.23. The number of nitrogens with two attached hydrogens (primary N) is 1. The molecule has 2 amide bonds. The highest BCUT2D eigenvalue weighted by Gasteiger charge is 2.23. The zero-order valence-electron chi connectivity index (χ0n) is 17.0. The van der Waals surface area contributed by atoms with Gasteiger partial charge in [-0.25, -0.2) is 0 Å². The second-order valence-corrected chi connectivity index (χ2v) is 6.80. The SMILES string of the molecule is COc1c(C(=O)NC(CO)C(N)=O)ccc2[nH]nc(C=Cc3cccc(C(C)=O)c3)c12. The summed E-state index contributed by atoms with van der Waals surface area (Å²) in [6.07, 6.45) is 3.53. The number of aliphatic hydroxyl groups excluding tert-OH is 1. The van der Waals surface area contributed by atoms with Crippen LogP contribution >= 0.6 is 0 Å². The van der Waals surface area contributed by atoms with Crippen LogP contribution in [0.1, 0.15) is 38.9 Å². The van der Waals surface area contributed by atoms with E-state index in [-0.39, 0.29) is 17.1 Å². The third-order valence-corrected chi connectivity index (χ3v) is 4.72. The molecule has 1 unspecified atom stereocenters. The quantitative estimate of drug-likeness (QED) is 0.405. The van der Waals surface area contributed by atoms with E-state index in [9.17, 15) is 19.5 Å². The number of nitrogens with one attached hydrogen (secondary N) is 2. The van der Waals surface area contributed by atoms with E-state index in [2.05, 4.69) is 15.5 Å². The largest absolute Gasteiger partial charge is 0.495 e. The minimum Gasteiger partial charge on any atom is -0.495 e. The first kappa shape index (κ1) is 21.7. The van der Waals surface area contributed by atoms with Gasteiger partial charge in [-0.2, -0.15) is 5.10 Å². The van der Waals surface area contributed by atoms with E-state index >= 15 is 0 Å². The Morgan fingerprint density at radius 2 is 2.03 bits per heavy atom. The smallest absolute Gasteiger partial charge is 0.255 e. The first-order valence-corrected chi connectivity index (χ1v) is 9.41. The predicted octanol–water partition coefficient (Wildman–Crippen LogP) is 1.52. The number of hydrogen-bond donors (Lipinski definition) is 4. The lowest BCUT2D eigenvalue weighted by atomic mass is 10.1. The molecule has 0 radical (unpaired) electrons. The molecule has 0 aliphatic heterocycles. The van der Waals surface area contributed by atoms with Crippen LogP contribution in [-0.2, 0) is 4.79 Å². The first-order valence-electron chi connectivity index (χ1n) is 9.41. The molecule has 0 spiro atoms. The number of aromatic nitrogens is 2. The number of benzene rings is 2. The van der Waals surface area contributed by atoms with Crippen molar-refractivity contribution in [2.45, 2.75) is 13.0 Å². The molecule has 0 fully saturated rings. The molecule has 9 heteroatoms. The molecular formula is C22H22N4O5. The van der Waals surface area contributed by atoms with Crippen LogP contribution in [0.15, 0.2) is 36.4 Å². The molecule has 1 heterocycles. The van der Waals surface area contributed by atoms with Crippen molar-refractivity contribution >= 4 is 40.7 Å². The molecule has 160 valence electrons. The van der Waals surface area contributed by atoms with Gasteiger partial charge in [-0.1, -0.05) is 24.3 Å². The Morgan fingerprint density at radius 3 is 2.68 bits per heavy atom. The van der Waals surface area contributed by atoms with Gasteiger partial charge in [0.2, 0.25) is 5.91 Å². The van der Waals surface area contributed by atoms with E-state index in [1.807, 2.05) is 6.07 Å². The van der Waals surface area contributed by atoms with Crippen molar-refractivity contribution in [2.75, 3.05) is 13.7 Å². The number of aromatic amines is 1. The molecular weight excluding hydrogens is 400 g/mol. The number of carbonyl (C=O) groups is 3. The van der Waals surface area contributed by atoms with Crippen LogP contribution in [-0.4, -0.2) is 52.7 Å². The number of rotatable bonds is 8. The van der Waals surface area contributed by atoms with E-state index in [4.69, 9.17) is 10.5 Å². The van der Waals surface area contributed by atoms with Crippen molar-refractivity contribution < 1.29 is 24.2 Å². The van der Waals surface area contributed by atoms with Gasteiger partial charge < -0.3 is 20.9 Å². The molecule has 3 aromatic rings. The van der Waals surface area contributed by atoms with E-state index in [0.29, 0.717) is 22.2 Å². The van der Waals surface area contributed by atoms with Crippen LogP contribution in [0.4, 0.5) is 0 Å². The van der Waals surface area contributed by atoms with Crippen molar-refractivity contribution in [1.29, 1.82) is 0 Å². The van der Waals surface area contributed by atoms with Crippen LogP contribution in [0.25, 0.3) is 23.1 Å². The second-order valence-electron chi connectivity index (χ2n) is 6.80. The number of H-pyrrole nitrogens is 1. The third-order valence-electron chi connectivity index (χ3n) is 4.72. The number of primary amides is 1. The summed E-state index contributed by atoms with van der Waals surface area (Å²) in [5.41, 5.74) is 7.89. The molecule has 9 nitrogen and oxygen atoms in total. The van der Waals surface area contributed by atoms with Crippen LogP contribution < -0.4 is 15.8 Å². The van der Waals surface area contributed by atoms with Gasteiger partial charge in [-0.05, 0) is 36.8 Å². The summed E-state index contributed by atoms with van der Waals surface area (Å²) in [6.45, 7) is 0.881. The Kier molecular flexibility index (Phi) is 6.46. The summed E-state index contributed by atoms with van der Waals surface area (Å²) in [6, 6.07) is 9.11. The van der Waals surface area contributed by atoms with Crippen molar-refractivity contribution in [3.05, 3.63) is 58.8 Å². The molecule has 0 bridgehead atoms. The van der Waals surface area contributed by atoms with E-state index < -0.39 is 24.5 Å². The summed E-state index contributed by atoms with van der Waals surface area (Å²) in [5, 5.41) is 19.4. The zero-order chi connectivity index (χ0) is 22.5. The molecule has 0 aliphatic carbocycles. The Bertz CT molecular complexity index is 1180. The lowest BCUT2D eigenvalue weighted by Gasteiger charge is -2.15. The topological polar surface area (TPSA) is 147 Å². The van der Waals surface area contributed by atoms with Gasteiger partial charge in [0.1, 0.15) is 11.8 Å². The number of Topliss-reactive ketones (excluding diaryl/α,β-unsaturated/α-hetero) is 1. The molecule has 1 atom stereocenters. The highest BCUT2D eigenvalue weighted by atomic mass is 16.5. The van der Waals surface area contributed by atoms with E-state index in [1.54, 1.807) is 36.4 Å². The van der Waals surface area contributed by atoms with Crippen molar-refractivity contribution in [2.24, 2.45) is 5.73 Å². The Labute approximate surface area is 177 Å². The summed E-state index contributed by atoms with van der Waals surface area (Å²) in [4.78, 5) is 35.6. The van der Waals surface area contributed by atoms with Gasteiger partial charge in [0, 0.05) is 5.56 Å². The monoisotopic (exact) mass is 422 g/mol. The summed E-state index contributed by atoms with van der Waals surface area (Å²) < 4.78 is 5.48. The molecule has 1 aromatic heterocycles. The van der Waals surface area contributed by atoms with Crippen LogP contribution in [0, 0.1) is 0 Å². The van der Waals surface area contributed by atoms with Gasteiger partial charge in [0.25, 0.3) is 5.91 Å². The Hall–Kier alpha value is -3.98. The molecule has 0 aliphatic rings. The number of methoxy groups -OCH3 is 1. The van der Waals surface area contributed by atoms with Gasteiger partial charge in [0.05, 0.1) is 35.9 Å². The van der Waals surface area contributed by atoms with Gasteiger partial charge in [0.15, 0.2) is 5.78 Å². The fraction of sp³-hybridized carbons (Fsp3) is 0.182. The summed E-state index contributed by atoms with van der Waals surface area (Å²) in [5.74, 6) is -1.26. The molecule has 3 rings (SSSR count). The number of nitrogens with zero attached hydrogens (tertiary/aromatic N) is 1. The first-order chi connectivity index (χ1) is 14.8. The highest BCUT2D eigenvalue weighted by Crippen LogP contribution is 2.32. The Morgan fingerprint density at radius 1 is 1.26 bits per heavy atom. The minimum atomic E-state index is -1.22. The van der Waals surface area contributed by atoms with Crippen molar-refractivity contribution in [1.82, 2.24) is 15.5 Å². The van der Waals surface area contributed by atoms with Gasteiger partial charge in [-0.3, -0.25) is 19.5 Å². The standard InChI is InChI=1S/C22H22N4O5/c1-12(28)14-5-3-4-13(10-14)6-8-16-19-17(26-25-16)9-7-15(20(19)31-2)22(30)24-18(11-27)21(23)29/h3-10,18,27H,11H2,1-2H3,(H2,23,29)(H,24,30)(H,25,26). The van der Waals surface area contributed by atoms with Crippen molar-refractivity contribution in [3.8, 4) is 5.75 Å². The minimum absolute atomic E-state index is 0.0325. The number of amides is 2. The Balaban J connectivity index is 2.00. The molecule has 2 aromatic carbocycles. The molecule has 0 saturated heterocycles. The van der Waals surface area contributed by atoms with Gasteiger partial charge >= 0.3 is 0 Å². The maximum absolute atomic E-state index is 12.7. The molecule has 0 saturated carbocycles. The van der Waals surface area contributed by atoms with Crippen molar-refractivity contribution in [3.63, 3.8) is 0 Å². The number of ether oxygens (including phenoxy) is 1. The number of aliphatic hydroxyl groups is 1. The van der Waals surface area contributed by atoms with E-state index in [0.717, 1.165) is 5.56 Å². The van der Waals surface area contributed by atoms with E-state index in [1.165, 1.54) is 20.1 Å². The normalized spacial score (nSPS) is 12.1. The zero-order valence-corrected chi connectivity index (χ0v) is 17.0. The average Bonchev–Trinajstić information content (AvgIpc) is 3.18. The third kappa shape index (κ3) is 4.62. The van der Waals surface area contributed by atoms with Crippen LogP contribution in [0.3, 0.4) is 0 Å². The lowest BCUT2D eigenvalue weighted by molar-refractivity contribution is -0.120. The maximum atomic E-state index is 12.7. The van der Waals surface area contributed by atoms with Gasteiger partial charge in [-0.15, -0.1) is 0 Å². The fourth-order valence-corrected chi connectivity index (χ4v) is 3.10. The average molecular weight is 422 g/mol. The molecule has 31 heavy (non-hydrogen) atoms. The fourth-order valence-electron chi connectivity index (χ4n) is 3.10. The van der Waals surface area contributed by atoms with Crippen LogP contribution in [0.2, 0.25) is 0 Å². The highest BCUT2D eigenvalue weighted by molar-refractivity contribution is 6.06. The number of hydrogen-bond acceptors (Lipinski definition) is 6. The maximum Gasteiger partial charge on any atom is 0.255 e. The number of carbonyl (C=O) groups excluding carboxylic acids is 3. The number of ketones is 1. The summed E-state index contributed by atoms with van der Waals surface area (Å²) >= 11 is 0. The number of fused-ring (bicyclic) bond motifs is 1. The summed E-state index contributed by atoms with van der Waals surface area (Å²) in [7, 11) is 1.42. The van der Waals surface area contributed by atoms with Crippen LogP contribution in [0.5, 0.6) is 5.75 Å². The lowest BCUT2D eigenvalue weighted by Crippen LogP contribution is -2.46. The molecule has 5 N–H and O–H groups in total. The predicted molar refractivity (Wildman–Crippen MR) is 116 cm³/mol.